The van der Waals surface area contributed by atoms with Crippen molar-refractivity contribution in [2.45, 2.75) is 139 Å². The van der Waals surface area contributed by atoms with Crippen molar-refractivity contribution in [3.05, 3.63) is 291 Å². The molecule has 2 aliphatic heterocycles. The highest BCUT2D eigenvalue weighted by Gasteiger charge is 2.54. The molecule has 0 N–H and O–H groups in total. The van der Waals surface area contributed by atoms with Gasteiger partial charge in [0.2, 0.25) is 0 Å². The van der Waals surface area contributed by atoms with Gasteiger partial charge in [0.15, 0.2) is 0 Å². The summed E-state index contributed by atoms with van der Waals surface area (Å²) in [6, 6.07) is 87.1. The van der Waals surface area contributed by atoms with E-state index in [2.05, 4.69) is 271 Å². The quantitative estimate of drug-likeness (QED) is 0.166. The van der Waals surface area contributed by atoms with E-state index in [0.717, 1.165) is 40.1 Å². The first-order valence-corrected chi connectivity index (χ1v) is 33.2. The molecule has 0 saturated heterocycles. The lowest BCUT2D eigenvalue weighted by atomic mass is 9.64. The molecule has 17 rings (SSSR count). The normalized spacial score (nSPS) is 16.7. The van der Waals surface area contributed by atoms with Crippen LogP contribution in [0.3, 0.4) is 0 Å². The van der Waals surface area contributed by atoms with Gasteiger partial charge in [0.1, 0.15) is 23.0 Å². The summed E-state index contributed by atoms with van der Waals surface area (Å²) in [7, 11) is 0. The maximum absolute atomic E-state index is 7.30. The summed E-state index contributed by atoms with van der Waals surface area (Å²) in [5.41, 5.74) is 24.7. The van der Waals surface area contributed by atoms with Crippen LogP contribution in [0.1, 0.15) is 184 Å². The van der Waals surface area contributed by atoms with Crippen molar-refractivity contribution in [3.63, 3.8) is 0 Å². The Labute approximate surface area is 526 Å². The second-order valence-corrected chi connectivity index (χ2v) is 28.7. The van der Waals surface area contributed by atoms with Crippen LogP contribution in [0, 0.1) is 0 Å². The van der Waals surface area contributed by atoms with Crippen LogP contribution in [0.25, 0.3) is 44.2 Å². The van der Waals surface area contributed by atoms with Crippen LogP contribution in [0.2, 0.25) is 0 Å². The number of rotatable bonds is 6. The van der Waals surface area contributed by atoms with Crippen LogP contribution in [0.4, 0.5) is 17.1 Å². The molecule has 11 aromatic carbocycles. The molecular formula is C86H77NO2. The van der Waals surface area contributed by atoms with Gasteiger partial charge in [-0.3, -0.25) is 0 Å². The van der Waals surface area contributed by atoms with E-state index in [4.69, 9.17) is 9.47 Å². The lowest BCUT2D eigenvalue weighted by molar-refractivity contribution is 0.424. The van der Waals surface area contributed by atoms with Crippen LogP contribution in [0.5, 0.6) is 23.0 Å². The first-order chi connectivity index (χ1) is 43.4. The molecule has 2 saturated carbocycles. The summed E-state index contributed by atoms with van der Waals surface area (Å²) in [5.74, 6) is 4.76. The van der Waals surface area contributed by atoms with Crippen LogP contribution in [0.15, 0.2) is 224 Å². The van der Waals surface area contributed by atoms with Gasteiger partial charge < -0.3 is 14.4 Å². The summed E-state index contributed by atoms with van der Waals surface area (Å²) >= 11 is 0. The molecule has 2 heterocycles. The minimum atomic E-state index is -0.723. The van der Waals surface area contributed by atoms with E-state index in [1.807, 2.05) is 0 Å². The molecule has 0 amide bonds. The molecule has 6 aliphatic rings. The maximum Gasteiger partial charge on any atom is 0.132 e. The van der Waals surface area contributed by atoms with E-state index in [0.29, 0.717) is 11.8 Å². The number of fused-ring (bicyclic) bond motifs is 19. The van der Waals surface area contributed by atoms with E-state index in [1.165, 1.54) is 175 Å². The van der Waals surface area contributed by atoms with Crippen molar-refractivity contribution < 1.29 is 9.47 Å². The highest BCUT2D eigenvalue weighted by Crippen LogP contribution is 2.66. The summed E-state index contributed by atoms with van der Waals surface area (Å²) in [6.45, 7) is 14.0. The molecule has 89 heavy (non-hydrogen) atoms. The first kappa shape index (κ1) is 54.2. The van der Waals surface area contributed by atoms with Crippen LogP contribution >= 0.6 is 0 Å². The van der Waals surface area contributed by atoms with Crippen molar-refractivity contribution in [2.24, 2.45) is 0 Å². The van der Waals surface area contributed by atoms with E-state index < -0.39 is 10.8 Å². The van der Waals surface area contributed by atoms with Gasteiger partial charge in [-0.25, -0.2) is 0 Å². The Morgan fingerprint density at radius 3 is 1.24 bits per heavy atom. The number of benzene rings is 11. The van der Waals surface area contributed by atoms with Crippen LogP contribution < -0.4 is 14.4 Å². The third kappa shape index (κ3) is 8.22. The zero-order valence-electron chi connectivity index (χ0n) is 52.4. The fourth-order valence-electron chi connectivity index (χ4n) is 17.3. The second kappa shape index (κ2) is 20.3. The topological polar surface area (TPSA) is 21.7 Å². The summed E-state index contributed by atoms with van der Waals surface area (Å²) in [5, 5.41) is 2.45. The minimum absolute atomic E-state index is 0.111. The molecule has 3 nitrogen and oxygen atoms in total. The molecule has 0 aromatic heterocycles. The monoisotopic (exact) mass is 1160 g/mol. The fourth-order valence-corrected chi connectivity index (χ4v) is 17.3. The molecule has 2 fully saturated rings. The molecule has 0 bridgehead atoms. The number of para-hydroxylation sites is 1. The number of anilines is 3. The van der Waals surface area contributed by atoms with Gasteiger partial charge in [-0.1, -0.05) is 238 Å². The standard InChI is InChI=1S/C86H77NO2/c1-83(2,3)59-38-46-81-76(50-59)86(77-51-60(84(4,5)6)39-47-82(77)89-81)71-34-19-16-30-66(71)68-43-41-62(53-73(68)86)87(78-35-20-17-31-69(78)64-32-21-27-56-26-13-14-28-63(56)64)61-40-42-67-65-29-15-18-33-70(65)85(72(67)52-61)74-48-57(54-22-9-7-10-23-54)36-44-79(74)88-80-45-37-58(49-75(80)85)55-24-11-8-12-25-55/h13-21,26-55H,7-12,22-25H2,1-6H3. The Balaban J connectivity index is 0.965. The summed E-state index contributed by atoms with van der Waals surface area (Å²) in [6.07, 6.45) is 12.7. The van der Waals surface area contributed by atoms with Gasteiger partial charge in [-0.2, -0.15) is 0 Å². The zero-order chi connectivity index (χ0) is 60.0. The predicted molar refractivity (Wildman–Crippen MR) is 368 cm³/mol. The number of nitrogens with zero attached hydrogens (tertiary/aromatic N) is 1. The summed E-state index contributed by atoms with van der Waals surface area (Å²) < 4.78 is 14.5. The fraction of sp³-hybridized carbons (Fsp3) is 0.256. The molecule has 0 unspecified atom stereocenters. The average Bonchev–Trinajstić information content (AvgIpc) is 1.65. The van der Waals surface area contributed by atoms with Crippen LogP contribution in [-0.4, -0.2) is 0 Å². The van der Waals surface area contributed by atoms with Crippen LogP contribution in [-0.2, 0) is 21.7 Å². The Bertz CT molecular complexity index is 4550. The van der Waals surface area contributed by atoms with Crippen molar-refractivity contribution in [1.82, 2.24) is 0 Å². The number of hydrogen-bond acceptors (Lipinski definition) is 3. The van der Waals surface area contributed by atoms with Crippen molar-refractivity contribution in [2.75, 3.05) is 4.90 Å². The third-order valence-corrected chi connectivity index (χ3v) is 21.7. The average molecular weight is 1160 g/mol. The van der Waals surface area contributed by atoms with Gasteiger partial charge in [0, 0.05) is 39.2 Å². The van der Waals surface area contributed by atoms with E-state index in [9.17, 15) is 0 Å². The lowest BCUT2D eigenvalue weighted by Gasteiger charge is -2.41. The third-order valence-electron chi connectivity index (χ3n) is 21.7. The Morgan fingerprint density at radius 2 is 0.730 bits per heavy atom. The smallest absolute Gasteiger partial charge is 0.132 e. The largest absolute Gasteiger partial charge is 0.457 e. The molecule has 11 aromatic rings. The van der Waals surface area contributed by atoms with E-state index in [1.54, 1.807) is 0 Å². The molecule has 0 radical (unpaired) electrons. The van der Waals surface area contributed by atoms with Gasteiger partial charge in [-0.05, 0) is 198 Å². The molecule has 2 spiro atoms. The highest BCUT2D eigenvalue weighted by molar-refractivity contribution is 6.02. The Morgan fingerprint density at radius 1 is 0.326 bits per heavy atom. The molecule has 438 valence electrons. The number of hydrogen-bond donors (Lipinski definition) is 0. The molecule has 4 aliphatic carbocycles. The zero-order valence-corrected chi connectivity index (χ0v) is 52.4. The van der Waals surface area contributed by atoms with E-state index in [-0.39, 0.29) is 10.8 Å². The van der Waals surface area contributed by atoms with Crippen molar-refractivity contribution in [3.8, 4) is 56.4 Å². The lowest BCUT2D eigenvalue weighted by Crippen LogP contribution is -2.33. The van der Waals surface area contributed by atoms with Gasteiger partial charge in [0.25, 0.3) is 0 Å². The van der Waals surface area contributed by atoms with Gasteiger partial charge in [0.05, 0.1) is 16.5 Å². The van der Waals surface area contributed by atoms with Gasteiger partial charge >= 0.3 is 0 Å². The van der Waals surface area contributed by atoms with Crippen molar-refractivity contribution in [1.29, 1.82) is 0 Å². The Hall–Kier alpha value is -8.92. The first-order valence-electron chi connectivity index (χ1n) is 33.2. The van der Waals surface area contributed by atoms with E-state index >= 15 is 0 Å². The SMILES string of the molecule is CC(C)(C)c1ccc2c(c1)C1(c3cc(C(C)(C)C)ccc3O2)c2ccccc2-c2ccc(N(c3ccc4c(c3)C3(c5cc(C6CCCCC6)ccc5Oc5ccc(C6CCCCC6)cc53)c3ccccc3-4)c3ccccc3-c3cccc4ccccc34)cc21. The van der Waals surface area contributed by atoms with Crippen molar-refractivity contribution >= 4 is 27.8 Å². The predicted octanol–water partition coefficient (Wildman–Crippen LogP) is 23.6. The molecule has 3 heteroatoms. The molecular weight excluding hydrogens is 1080 g/mol. The Kier molecular flexibility index (Phi) is 12.4. The number of ether oxygens (including phenoxy) is 2. The van der Waals surface area contributed by atoms with Gasteiger partial charge in [-0.15, -0.1) is 0 Å². The summed E-state index contributed by atoms with van der Waals surface area (Å²) in [4.78, 5) is 2.61. The second-order valence-electron chi connectivity index (χ2n) is 28.7. The maximum atomic E-state index is 7.30. The minimum Gasteiger partial charge on any atom is -0.457 e. The molecule has 0 atom stereocenters. The highest BCUT2D eigenvalue weighted by atomic mass is 16.5.